The Bertz CT molecular complexity index is 1230. The summed E-state index contributed by atoms with van der Waals surface area (Å²) in [4.78, 5) is 33.5. The molecule has 0 bridgehead atoms. The zero-order chi connectivity index (χ0) is 21.1. The van der Waals surface area contributed by atoms with Gasteiger partial charge in [0.1, 0.15) is 17.8 Å². The number of aryl methyl sites for hydroxylation is 1. The Kier molecular flexibility index (Phi) is 5.13. The van der Waals surface area contributed by atoms with E-state index in [1.54, 1.807) is 42.1 Å². The van der Waals surface area contributed by atoms with Crippen molar-refractivity contribution in [3.63, 3.8) is 0 Å². The highest BCUT2D eigenvalue weighted by atomic mass is 16.2. The Morgan fingerprint density at radius 3 is 2.67 bits per heavy atom. The first-order valence-corrected chi connectivity index (χ1v) is 9.32. The van der Waals surface area contributed by atoms with Crippen LogP contribution in [-0.2, 0) is 13.6 Å². The normalized spacial score (nSPS) is 10.7. The molecule has 0 saturated heterocycles. The molecule has 2 amide bonds. The number of fused-ring (bicyclic) bond motifs is 1. The molecule has 0 spiro atoms. The minimum atomic E-state index is -0.355. The van der Waals surface area contributed by atoms with Crippen molar-refractivity contribution >= 4 is 34.4 Å². The first kappa shape index (κ1) is 19.1. The second-order valence-corrected chi connectivity index (χ2v) is 6.81. The van der Waals surface area contributed by atoms with Crippen molar-refractivity contribution in [2.75, 3.05) is 11.1 Å². The van der Waals surface area contributed by atoms with Crippen molar-refractivity contribution < 1.29 is 9.59 Å². The van der Waals surface area contributed by atoms with Crippen LogP contribution >= 0.6 is 0 Å². The molecule has 0 saturated carbocycles. The lowest BCUT2D eigenvalue weighted by atomic mass is 10.0. The number of hydrogen-bond donors (Lipinski definition) is 3. The molecule has 30 heavy (non-hydrogen) atoms. The van der Waals surface area contributed by atoms with Crippen molar-refractivity contribution in [3.05, 3.63) is 83.8 Å². The van der Waals surface area contributed by atoms with Crippen LogP contribution in [0.5, 0.6) is 0 Å². The molecule has 0 aliphatic heterocycles. The fourth-order valence-electron chi connectivity index (χ4n) is 3.25. The second kappa shape index (κ2) is 8.04. The fraction of sp³-hybridized carbons (Fsp3) is 0.0909. The average molecular weight is 400 g/mol. The molecule has 0 fully saturated rings. The molecule has 4 N–H and O–H groups in total. The standard InChI is InChI=1S/C22H20N6O2/c1-28-12-17(18-20(23)25-13-26-21(18)28)19(29)15-8-5-9-16(10-15)27-22(30)24-11-14-6-3-2-4-7-14/h2-10,12-13H,11H2,1H3,(H2,23,25,26)(H2,24,27,30). The SMILES string of the molecule is Cn1cc(C(=O)c2cccc(NC(=O)NCc3ccccc3)c2)c2c(N)ncnc21. The molecule has 8 nitrogen and oxygen atoms in total. The predicted molar refractivity (Wildman–Crippen MR) is 115 cm³/mol. The molecule has 0 unspecified atom stereocenters. The van der Waals surface area contributed by atoms with Gasteiger partial charge in [-0.3, -0.25) is 4.79 Å². The lowest BCUT2D eigenvalue weighted by Gasteiger charge is -2.09. The van der Waals surface area contributed by atoms with E-state index in [0.717, 1.165) is 5.56 Å². The zero-order valence-corrected chi connectivity index (χ0v) is 16.3. The maximum absolute atomic E-state index is 13.1. The van der Waals surface area contributed by atoms with Crippen LogP contribution < -0.4 is 16.4 Å². The number of carbonyl (C=O) groups excluding carboxylic acids is 2. The Labute approximate surface area is 172 Å². The van der Waals surface area contributed by atoms with Gasteiger partial charge in [-0.25, -0.2) is 14.8 Å². The summed E-state index contributed by atoms with van der Waals surface area (Å²) in [5.74, 6) is 0.0222. The first-order valence-electron chi connectivity index (χ1n) is 9.32. The van der Waals surface area contributed by atoms with E-state index in [0.29, 0.717) is 34.4 Å². The summed E-state index contributed by atoms with van der Waals surface area (Å²) in [5.41, 5.74) is 8.90. The van der Waals surface area contributed by atoms with Crippen molar-refractivity contribution in [1.29, 1.82) is 0 Å². The Morgan fingerprint density at radius 2 is 1.87 bits per heavy atom. The average Bonchev–Trinajstić information content (AvgIpc) is 3.10. The number of nitrogen functional groups attached to an aromatic ring is 1. The fourth-order valence-corrected chi connectivity index (χ4v) is 3.25. The van der Waals surface area contributed by atoms with Gasteiger partial charge in [0, 0.05) is 31.0 Å². The van der Waals surface area contributed by atoms with E-state index in [2.05, 4.69) is 20.6 Å². The smallest absolute Gasteiger partial charge is 0.319 e. The van der Waals surface area contributed by atoms with Gasteiger partial charge in [0.05, 0.1) is 10.9 Å². The number of aromatic nitrogens is 3. The summed E-state index contributed by atoms with van der Waals surface area (Å²) in [6, 6.07) is 16.0. The van der Waals surface area contributed by atoms with Crippen molar-refractivity contribution in [1.82, 2.24) is 19.9 Å². The number of benzene rings is 2. The van der Waals surface area contributed by atoms with Gasteiger partial charge < -0.3 is 20.9 Å². The van der Waals surface area contributed by atoms with Crippen molar-refractivity contribution in [2.24, 2.45) is 7.05 Å². The third-order valence-electron chi connectivity index (χ3n) is 4.71. The molecule has 2 aromatic carbocycles. The first-order chi connectivity index (χ1) is 14.5. The molecule has 0 aliphatic rings. The number of nitrogens with one attached hydrogen (secondary N) is 2. The molecule has 2 aromatic heterocycles. The van der Waals surface area contributed by atoms with E-state index in [1.807, 2.05) is 30.3 Å². The van der Waals surface area contributed by atoms with Crippen LogP contribution in [0.4, 0.5) is 16.3 Å². The number of urea groups is 1. The molecule has 0 radical (unpaired) electrons. The van der Waals surface area contributed by atoms with E-state index >= 15 is 0 Å². The van der Waals surface area contributed by atoms with Crippen LogP contribution in [0, 0.1) is 0 Å². The summed E-state index contributed by atoms with van der Waals surface area (Å²) in [7, 11) is 1.79. The number of nitrogens with two attached hydrogens (primary N) is 1. The predicted octanol–water partition coefficient (Wildman–Crippen LogP) is 3.10. The van der Waals surface area contributed by atoms with Gasteiger partial charge in [-0.2, -0.15) is 0 Å². The Morgan fingerprint density at radius 1 is 1.07 bits per heavy atom. The van der Waals surface area contributed by atoms with Crippen LogP contribution in [0.25, 0.3) is 11.0 Å². The monoisotopic (exact) mass is 400 g/mol. The van der Waals surface area contributed by atoms with Gasteiger partial charge in [-0.15, -0.1) is 0 Å². The molecular formula is C22H20N6O2. The summed E-state index contributed by atoms with van der Waals surface area (Å²) >= 11 is 0. The minimum absolute atomic E-state index is 0.226. The Hall–Kier alpha value is -4.20. The van der Waals surface area contributed by atoms with Crippen molar-refractivity contribution in [2.45, 2.75) is 6.54 Å². The topological polar surface area (TPSA) is 115 Å². The van der Waals surface area contributed by atoms with Crippen LogP contribution in [0.2, 0.25) is 0 Å². The van der Waals surface area contributed by atoms with Crippen LogP contribution in [0.3, 0.4) is 0 Å². The maximum Gasteiger partial charge on any atom is 0.319 e. The molecule has 0 atom stereocenters. The molecule has 8 heteroatoms. The lowest BCUT2D eigenvalue weighted by molar-refractivity contribution is 0.104. The van der Waals surface area contributed by atoms with E-state index in [9.17, 15) is 9.59 Å². The quantitative estimate of drug-likeness (QED) is 0.445. The van der Waals surface area contributed by atoms with E-state index in [-0.39, 0.29) is 17.6 Å². The zero-order valence-electron chi connectivity index (χ0n) is 16.3. The van der Waals surface area contributed by atoms with Crippen LogP contribution in [-0.4, -0.2) is 26.3 Å². The van der Waals surface area contributed by atoms with E-state index < -0.39 is 0 Å². The van der Waals surface area contributed by atoms with Crippen LogP contribution in [0.1, 0.15) is 21.5 Å². The Balaban J connectivity index is 1.52. The lowest BCUT2D eigenvalue weighted by Crippen LogP contribution is -2.28. The highest BCUT2D eigenvalue weighted by molar-refractivity contribution is 6.18. The van der Waals surface area contributed by atoms with Crippen LogP contribution in [0.15, 0.2) is 67.1 Å². The minimum Gasteiger partial charge on any atom is -0.383 e. The maximum atomic E-state index is 13.1. The van der Waals surface area contributed by atoms with Gasteiger partial charge in [-0.1, -0.05) is 42.5 Å². The largest absolute Gasteiger partial charge is 0.383 e. The molecule has 2 heterocycles. The third kappa shape index (κ3) is 3.83. The van der Waals surface area contributed by atoms with Gasteiger partial charge >= 0.3 is 6.03 Å². The summed E-state index contributed by atoms with van der Waals surface area (Å²) in [5, 5.41) is 6.06. The molecular weight excluding hydrogens is 380 g/mol. The van der Waals surface area contributed by atoms with Gasteiger partial charge in [-0.05, 0) is 17.7 Å². The number of ketones is 1. The molecule has 0 aliphatic carbocycles. The highest BCUT2D eigenvalue weighted by Gasteiger charge is 2.19. The number of hydrogen-bond acceptors (Lipinski definition) is 5. The number of nitrogens with zero attached hydrogens (tertiary/aromatic N) is 3. The number of amides is 2. The van der Waals surface area contributed by atoms with E-state index in [4.69, 9.17) is 5.73 Å². The molecule has 150 valence electrons. The van der Waals surface area contributed by atoms with E-state index in [1.165, 1.54) is 6.33 Å². The molecule has 4 aromatic rings. The number of anilines is 2. The molecule has 4 rings (SSSR count). The third-order valence-corrected chi connectivity index (χ3v) is 4.71. The van der Waals surface area contributed by atoms with Gasteiger partial charge in [0.2, 0.25) is 0 Å². The number of carbonyl (C=O) groups is 2. The number of rotatable bonds is 5. The summed E-state index contributed by atoms with van der Waals surface area (Å²) in [6.07, 6.45) is 3.05. The van der Waals surface area contributed by atoms with Gasteiger partial charge in [0.15, 0.2) is 5.78 Å². The summed E-state index contributed by atoms with van der Waals surface area (Å²) in [6.45, 7) is 0.403. The van der Waals surface area contributed by atoms with Gasteiger partial charge in [0.25, 0.3) is 0 Å². The summed E-state index contributed by atoms with van der Waals surface area (Å²) < 4.78 is 1.74. The highest BCUT2D eigenvalue weighted by Crippen LogP contribution is 2.26. The van der Waals surface area contributed by atoms with Crippen molar-refractivity contribution in [3.8, 4) is 0 Å². The second-order valence-electron chi connectivity index (χ2n) is 6.81.